The standard InChI is InChI=1S/C73H61BN2S/c1-44-23-13-14-26-48(44)46-39-64-67-65(40-46)76(62-33-21-15-27-49(62)45-24-11-10-12-25-45)68-60(38-36-51-50-28-16-22-34-66(50)77-69(51)68)74(67)61-42-58-59(73(8,9)55-32-20-19-31-54(55)72(58,6)7)43-63(61)75(64)47-35-37-56-57(41-47)71(4,5)53-30-18-17-29-52(53)70(56,2)3/h10-43H,1-9H3. The van der Waals surface area contributed by atoms with Crippen molar-refractivity contribution >= 4 is 88.7 Å². The Labute approximate surface area is 458 Å². The first-order valence-electron chi connectivity index (χ1n) is 27.6. The quantitative estimate of drug-likeness (QED) is 0.162. The average molecular weight is 1010 g/mol. The lowest BCUT2D eigenvalue weighted by atomic mass is 9.33. The van der Waals surface area contributed by atoms with Gasteiger partial charge in [0.05, 0.1) is 16.1 Å². The van der Waals surface area contributed by atoms with E-state index in [-0.39, 0.29) is 28.4 Å². The number of para-hydroxylation sites is 1. The third-order valence-electron chi connectivity index (χ3n) is 18.9. The van der Waals surface area contributed by atoms with Crippen LogP contribution in [0.2, 0.25) is 0 Å². The van der Waals surface area contributed by atoms with Gasteiger partial charge in [0.15, 0.2) is 0 Å². The molecule has 77 heavy (non-hydrogen) atoms. The van der Waals surface area contributed by atoms with Gasteiger partial charge in [-0.25, -0.2) is 0 Å². The zero-order valence-corrected chi connectivity index (χ0v) is 46.3. The number of fused-ring (bicyclic) bond motifs is 12. The molecule has 2 aliphatic carbocycles. The minimum atomic E-state index is -0.256. The van der Waals surface area contributed by atoms with Crippen molar-refractivity contribution in [2.24, 2.45) is 0 Å². The summed E-state index contributed by atoms with van der Waals surface area (Å²) in [5, 5.41) is 2.61. The lowest BCUT2D eigenvalue weighted by Gasteiger charge is -2.49. The molecule has 0 fully saturated rings. The first-order valence-corrected chi connectivity index (χ1v) is 28.4. The van der Waals surface area contributed by atoms with E-state index in [2.05, 4.69) is 278 Å². The number of thiophene rings is 1. The first-order chi connectivity index (χ1) is 37.2. The van der Waals surface area contributed by atoms with Gasteiger partial charge in [-0.1, -0.05) is 219 Å². The van der Waals surface area contributed by atoms with Crippen LogP contribution in [-0.4, -0.2) is 6.71 Å². The fourth-order valence-electron chi connectivity index (χ4n) is 14.9. The third kappa shape index (κ3) is 6.31. The van der Waals surface area contributed by atoms with Crippen LogP contribution < -0.4 is 26.2 Å². The summed E-state index contributed by atoms with van der Waals surface area (Å²) in [7, 11) is 0. The van der Waals surface area contributed by atoms with Gasteiger partial charge >= 0.3 is 0 Å². The number of rotatable bonds is 4. The predicted octanol–water partition coefficient (Wildman–Crippen LogP) is 17.7. The number of hydrogen-bond donors (Lipinski definition) is 0. The fraction of sp³-hybridized carbons (Fsp3) is 0.178. The summed E-state index contributed by atoms with van der Waals surface area (Å²) in [5.74, 6) is 0. The molecule has 4 aliphatic rings. The molecule has 10 aromatic carbocycles. The molecular weight excluding hydrogens is 948 g/mol. The predicted molar refractivity (Wildman–Crippen MR) is 330 cm³/mol. The molecule has 372 valence electrons. The summed E-state index contributed by atoms with van der Waals surface area (Å²) in [6.07, 6.45) is 0. The Kier molecular flexibility index (Phi) is 9.68. The summed E-state index contributed by atoms with van der Waals surface area (Å²) >= 11 is 1.94. The van der Waals surface area contributed by atoms with Crippen LogP contribution in [0.4, 0.5) is 34.1 Å². The largest absolute Gasteiger partial charge is 0.311 e. The van der Waals surface area contributed by atoms with Gasteiger partial charge in [-0.15, -0.1) is 11.3 Å². The Hall–Kier alpha value is -7.92. The van der Waals surface area contributed by atoms with Gasteiger partial charge in [0.2, 0.25) is 0 Å². The zero-order valence-electron chi connectivity index (χ0n) is 45.5. The molecule has 0 amide bonds. The van der Waals surface area contributed by atoms with E-state index in [1.807, 2.05) is 11.3 Å². The van der Waals surface area contributed by atoms with Crippen LogP contribution >= 0.6 is 11.3 Å². The number of anilines is 6. The Bertz CT molecular complexity index is 4320. The second-order valence-corrected chi connectivity index (χ2v) is 25.5. The molecule has 0 saturated heterocycles. The van der Waals surface area contributed by atoms with E-state index in [1.54, 1.807) is 0 Å². The molecule has 0 unspecified atom stereocenters. The van der Waals surface area contributed by atoms with Crippen LogP contribution in [0.3, 0.4) is 0 Å². The van der Waals surface area contributed by atoms with E-state index >= 15 is 0 Å². The van der Waals surface area contributed by atoms with Crippen molar-refractivity contribution in [3.8, 4) is 22.3 Å². The molecular formula is C73H61BN2S. The molecule has 15 rings (SSSR count). The summed E-state index contributed by atoms with van der Waals surface area (Å²) in [5.41, 5.74) is 27.8. The normalized spacial score (nSPS) is 16.5. The highest BCUT2D eigenvalue weighted by atomic mass is 32.1. The van der Waals surface area contributed by atoms with Crippen LogP contribution in [0.15, 0.2) is 206 Å². The highest BCUT2D eigenvalue weighted by molar-refractivity contribution is 7.26. The maximum atomic E-state index is 2.70. The molecule has 1 aromatic heterocycles. The summed E-state index contributed by atoms with van der Waals surface area (Å²) in [4.78, 5) is 5.39. The highest BCUT2D eigenvalue weighted by Gasteiger charge is 2.49. The van der Waals surface area contributed by atoms with Gasteiger partial charge in [-0.3, -0.25) is 0 Å². The van der Waals surface area contributed by atoms with Crippen molar-refractivity contribution in [1.82, 2.24) is 0 Å². The third-order valence-corrected chi connectivity index (χ3v) is 20.1. The van der Waals surface area contributed by atoms with Gasteiger partial charge in [0.25, 0.3) is 6.71 Å². The average Bonchev–Trinajstić information content (AvgIpc) is 4.00. The monoisotopic (exact) mass is 1010 g/mol. The molecule has 0 N–H and O–H groups in total. The molecule has 0 saturated carbocycles. The first kappa shape index (κ1) is 46.4. The van der Waals surface area contributed by atoms with E-state index in [9.17, 15) is 0 Å². The summed E-state index contributed by atoms with van der Waals surface area (Å²) in [6.45, 7) is 21.8. The van der Waals surface area contributed by atoms with E-state index in [1.165, 1.54) is 143 Å². The minimum Gasteiger partial charge on any atom is -0.311 e. The Morgan fingerprint density at radius 1 is 0.364 bits per heavy atom. The molecule has 2 aliphatic heterocycles. The van der Waals surface area contributed by atoms with Crippen LogP contribution in [0, 0.1) is 6.92 Å². The van der Waals surface area contributed by atoms with Crippen molar-refractivity contribution in [1.29, 1.82) is 0 Å². The summed E-state index contributed by atoms with van der Waals surface area (Å²) < 4.78 is 2.62. The van der Waals surface area contributed by atoms with Gasteiger partial charge in [0, 0.05) is 65.4 Å². The molecule has 4 heteroatoms. The Balaban J connectivity index is 1.11. The fourth-order valence-corrected chi connectivity index (χ4v) is 16.2. The van der Waals surface area contributed by atoms with E-state index in [0.29, 0.717) is 0 Å². The number of aryl methyl sites for hydroxylation is 1. The van der Waals surface area contributed by atoms with Crippen LogP contribution in [-0.2, 0) is 21.7 Å². The van der Waals surface area contributed by atoms with Crippen molar-refractivity contribution in [2.75, 3.05) is 9.80 Å². The smallest absolute Gasteiger partial charge is 0.252 e. The molecule has 2 nitrogen and oxygen atoms in total. The van der Waals surface area contributed by atoms with E-state index in [0.717, 1.165) is 0 Å². The second-order valence-electron chi connectivity index (χ2n) is 24.5. The zero-order chi connectivity index (χ0) is 52.5. The maximum absolute atomic E-state index is 2.70. The van der Waals surface area contributed by atoms with Crippen LogP contribution in [0.1, 0.15) is 105 Å². The highest BCUT2D eigenvalue weighted by Crippen LogP contribution is 2.57. The molecule has 0 radical (unpaired) electrons. The van der Waals surface area contributed by atoms with Gasteiger partial charge in [-0.05, 0) is 133 Å². The topological polar surface area (TPSA) is 6.48 Å². The minimum absolute atomic E-state index is 0.0804. The molecule has 11 aromatic rings. The van der Waals surface area contributed by atoms with Crippen LogP contribution in [0.25, 0.3) is 42.4 Å². The SMILES string of the molecule is Cc1ccccc1-c1cc2c3c(c1)N(c1ccccc1-c1ccccc1)c1c(ccc4c1sc1ccccc14)B3c1cc3c(cc1N2c1ccc2c(c1)C(C)(C)c1ccccc1C2(C)C)C(C)(C)c1ccccc1C3(C)C. The number of benzene rings is 10. The van der Waals surface area contributed by atoms with Gasteiger partial charge < -0.3 is 9.80 Å². The van der Waals surface area contributed by atoms with Crippen molar-refractivity contribution in [3.05, 3.63) is 256 Å². The van der Waals surface area contributed by atoms with Gasteiger partial charge in [-0.2, -0.15) is 0 Å². The van der Waals surface area contributed by atoms with E-state index < -0.39 is 0 Å². The van der Waals surface area contributed by atoms with Crippen LogP contribution in [0.5, 0.6) is 0 Å². The number of nitrogens with zero attached hydrogens (tertiary/aromatic N) is 2. The molecule has 0 spiro atoms. The lowest BCUT2D eigenvalue weighted by molar-refractivity contribution is 0.520. The lowest BCUT2D eigenvalue weighted by Crippen LogP contribution is -2.62. The summed E-state index contributed by atoms with van der Waals surface area (Å²) in [6, 6.07) is 79.4. The van der Waals surface area contributed by atoms with Crippen molar-refractivity contribution < 1.29 is 0 Å². The molecule has 3 heterocycles. The second kappa shape index (κ2) is 16.1. The maximum Gasteiger partial charge on any atom is 0.252 e. The number of hydrogen-bond acceptors (Lipinski definition) is 3. The van der Waals surface area contributed by atoms with E-state index in [4.69, 9.17) is 0 Å². The Morgan fingerprint density at radius 3 is 1.57 bits per heavy atom. The molecule has 0 atom stereocenters. The molecule has 0 bridgehead atoms. The Morgan fingerprint density at radius 2 is 0.896 bits per heavy atom. The van der Waals surface area contributed by atoms with Gasteiger partial charge in [0.1, 0.15) is 0 Å². The van der Waals surface area contributed by atoms with Crippen molar-refractivity contribution in [2.45, 2.75) is 84.0 Å². The van der Waals surface area contributed by atoms with Crippen molar-refractivity contribution in [3.63, 3.8) is 0 Å².